The normalized spacial score (nSPS) is 10.3. The third-order valence-corrected chi connectivity index (χ3v) is 3.82. The van der Waals surface area contributed by atoms with Gasteiger partial charge in [-0.3, -0.25) is 4.79 Å². The van der Waals surface area contributed by atoms with Gasteiger partial charge < -0.3 is 5.32 Å². The first-order valence-electron chi connectivity index (χ1n) is 5.19. The van der Waals surface area contributed by atoms with Gasteiger partial charge in [0, 0.05) is 4.47 Å². The molecule has 0 aliphatic heterocycles. The topological polar surface area (TPSA) is 29.1 Å². The fourth-order valence-corrected chi connectivity index (χ4v) is 2.59. The smallest absolute Gasteiger partial charge is 0.258 e. The fraction of sp³-hybridized carbons (Fsp3) is 0. The molecule has 0 spiro atoms. The zero-order valence-electron chi connectivity index (χ0n) is 9.38. The molecule has 0 heterocycles. The highest BCUT2D eigenvalue weighted by Gasteiger charge is 2.15. The highest BCUT2D eigenvalue weighted by Crippen LogP contribution is 2.29. The third kappa shape index (κ3) is 3.42. The molecule has 2 rings (SSSR count). The standard InChI is InChI=1S/C13H7BrCl3NO/c14-7-4-5-8(15)11(6-7)18-13(19)12-9(16)2-1-3-10(12)17/h1-6H,(H,18,19). The maximum atomic E-state index is 12.2. The number of hydrogen-bond donors (Lipinski definition) is 1. The van der Waals surface area contributed by atoms with Gasteiger partial charge in [-0.05, 0) is 30.3 Å². The van der Waals surface area contributed by atoms with Gasteiger partial charge in [0.25, 0.3) is 5.91 Å². The van der Waals surface area contributed by atoms with Crippen LogP contribution in [0.25, 0.3) is 0 Å². The van der Waals surface area contributed by atoms with E-state index in [1.54, 1.807) is 36.4 Å². The van der Waals surface area contributed by atoms with Gasteiger partial charge in [0.2, 0.25) is 0 Å². The van der Waals surface area contributed by atoms with Crippen LogP contribution in [0.4, 0.5) is 5.69 Å². The maximum absolute atomic E-state index is 12.2. The summed E-state index contributed by atoms with van der Waals surface area (Å²) in [5, 5.41) is 3.69. The van der Waals surface area contributed by atoms with E-state index in [-0.39, 0.29) is 15.6 Å². The lowest BCUT2D eigenvalue weighted by atomic mass is 10.2. The molecule has 6 heteroatoms. The van der Waals surface area contributed by atoms with Gasteiger partial charge in [0.1, 0.15) is 0 Å². The van der Waals surface area contributed by atoms with Gasteiger partial charge >= 0.3 is 0 Å². The molecule has 1 amide bonds. The number of hydrogen-bond acceptors (Lipinski definition) is 1. The summed E-state index contributed by atoms with van der Waals surface area (Å²) >= 11 is 21.3. The number of amides is 1. The first-order chi connectivity index (χ1) is 8.99. The minimum atomic E-state index is -0.407. The number of anilines is 1. The van der Waals surface area contributed by atoms with Crippen LogP contribution in [0.1, 0.15) is 10.4 Å². The van der Waals surface area contributed by atoms with Crippen LogP contribution < -0.4 is 5.32 Å². The Bertz CT molecular complexity index is 626. The summed E-state index contributed by atoms with van der Waals surface area (Å²) in [5.41, 5.74) is 0.707. The Kier molecular flexibility index (Phi) is 4.74. The molecule has 2 nitrogen and oxygen atoms in total. The number of halogens is 4. The van der Waals surface area contributed by atoms with Crippen LogP contribution in [-0.4, -0.2) is 5.91 Å². The van der Waals surface area contributed by atoms with Crippen molar-refractivity contribution >= 4 is 62.3 Å². The first-order valence-corrected chi connectivity index (χ1v) is 7.12. The zero-order chi connectivity index (χ0) is 14.0. The van der Waals surface area contributed by atoms with Gasteiger partial charge in [0.05, 0.1) is 26.3 Å². The van der Waals surface area contributed by atoms with Crippen molar-refractivity contribution in [2.24, 2.45) is 0 Å². The molecule has 0 bridgehead atoms. The van der Waals surface area contributed by atoms with Crippen molar-refractivity contribution in [2.45, 2.75) is 0 Å². The van der Waals surface area contributed by atoms with Gasteiger partial charge in [-0.25, -0.2) is 0 Å². The highest BCUT2D eigenvalue weighted by molar-refractivity contribution is 9.10. The molecule has 0 aliphatic rings. The zero-order valence-corrected chi connectivity index (χ0v) is 13.2. The molecular weight excluding hydrogens is 372 g/mol. The molecule has 0 unspecified atom stereocenters. The Morgan fingerprint density at radius 1 is 1.00 bits per heavy atom. The quantitative estimate of drug-likeness (QED) is 0.716. The molecule has 0 radical (unpaired) electrons. The molecule has 1 N–H and O–H groups in total. The molecule has 0 aliphatic carbocycles. The summed E-state index contributed by atoms with van der Waals surface area (Å²) in [4.78, 5) is 12.2. The molecule has 98 valence electrons. The molecule has 2 aromatic rings. The third-order valence-electron chi connectivity index (χ3n) is 2.37. The lowest BCUT2D eigenvalue weighted by Crippen LogP contribution is -2.13. The summed E-state index contributed by atoms with van der Waals surface area (Å²) in [6, 6.07) is 10.0. The van der Waals surface area contributed by atoms with E-state index in [2.05, 4.69) is 21.2 Å². The SMILES string of the molecule is O=C(Nc1cc(Br)ccc1Cl)c1c(Cl)cccc1Cl. The predicted octanol–water partition coefficient (Wildman–Crippen LogP) is 5.66. The second-order valence-electron chi connectivity index (χ2n) is 3.67. The van der Waals surface area contributed by atoms with Crippen molar-refractivity contribution < 1.29 is 4.79 Å². The monoisotopic (exact) mass is 377 g/mol. The van der Waals surface area contributed by atoms with Crippen molar-refractivity contribution in [1.29, 1.82) is 0 Å². The lowest BCUT2D eigenvalue weighted by molar-refractivity contribution is 0.102. The number of carbonyl (C=O) groups excluding carboxylic acids is 1. The Morgan fingerprint density at radius 3 is 2.26 bits per heavy atom. The number of rotatable bonds is 2. The average molecular weight is 379 g/mol. The molecular formula is C13H7BrCl3NO. The van der Waals surface area contributed by atoms with E-state index in [1.165, 1.54) is 0 Å². The summed E-state index contributed by atoms with van der Waals surface area (Å²) in [6.07, 6.45) is 0. The molecule has 0 atom stereocenters. The van der Waals surface area contributed by atoms with E-state index in [4.69, 9.17) is 34.8 Å². The van der Waals surface area contributed by atoms with E-state index < -0.39 is 5.91 Å². The first kappa shape index (κ1) is 14.7. The van der Waals surface area contributed by atoms with Crippen molar-refractivity contribution in [1.82, 2.24) is 0 Å². The van der Waals surface area contributed by atoms with Gasteiger partial charge in [-0.1, -0.05) is 56.8 Å². The van der Waals surface area contributed by atoms with Gasteiger partial charge in [0.15, 0.2) is 0 Å². The van der Waals surface area contributed by atoms with E-state index >= 15 is 0 Å². The van der Waals surface area contributed by atoms with Gasteiger partial charge in [-0.15, -0.1) is 0 Å². The number of benzene rings is 2. The van der Waals surface area contributed by atoms with Crippen LogP contribution in [0.3, 0.4) is 0 Å². The minimum Gasteiger partial charge on any atom is -0.321 e. The van der Waals surface area contributed by atoms with Crippen LogP contribution in [0.2, 0.25) is 15.1 Å². The Labute approximate surface area is 133 Å². The second-order valence-corrected chi connectivity index (χ2v) is 5.81. The Morgan fingerprint density at radius 2 is 1.63 bits per heavy atom. The van der Waals surface area contributed by atoms with Crippen LogP contribution in [0.15, 0.2) is 40.9 Å². The van der Waals surface area contributed by atoms with Gasteiger partial charge in [-0.2, -0.15) is 0 Å². The summed E-state index contributed by atoms with van der Waals surface area (Å²) < 4.78 is 0.803. The maximum Gasteiger partial charge on any atom is 0.258 e. The molecule has 0 aromatic heterocycles. The van der Waals surface area contributed by atoms with Crippen LogP contribution >= 0.6 is 50.7 Å². The fourth-order valence-electron chi connectivity index (χ4n) is 1.49. The highest BCUT2D eigenvalue weighted by atomic mass is 79.9. The minimum absolute atomic E-state index is 0.224. The van der Waals surface area contributed by atoms with Crippen LogP contribution in [0.5, 0.6) is 0 Å². The van der Waals surface area contributed by atoms with Crippen LogP contribution in [-0.2, 0) is 0 Å². The predicted molar refractivity (Wildman–Crippen MR) is 83.6 cm³/mol. The van der Waals surface area contributed by atoms with Crippen molar-refractivity contribution in [3.8, 4) is 0 Å². The van der Waals surface area contributed by atoms with E-state index in [0.717, 1.165) is 4.47 Å². The van der Waals surface area contributed by atoms with E-state index in [9.17, 15) is 4.79 Å². The largest absolute Gasteiger partial charge is 0.321 e. The molecule has 0 saturated heterocycles. The molecule has 2 aromatic carbocycles. The summed E-state index contributed by atoms with van der Waals surface area (Å²) in [5.74, 6) is -0.407. The molecule has 0 saturated carbocycles. The average Bonchev–Trinajstić information content (AvgIpc) is 2.33. The van der Waals surface area contributed by atoms with E-state index in [1.807, 2.05) is 0 Å². The van der Waals surface area contributed by atoms with Crippen molar-refractivity contribution in [2.75, 3.05) is 5.32 Å². The second kappa shape index (κ2) is 6.14. The molecule has 19 heavy (non-hydrogen) atoms. The summed E-state index contributed by atoms with van der Waals surface area (Å²) in [7, 11) is 0. The van der Waals surface area contributed by atoms with Crippen LogP contribution in [0, 0.1) is 0 Å². The number of carbonyl (C=O) groups is 1. The Balaban J connectivity index is 2.34. The molecule has 0 fully saturated rings. The number of nitrogens with one attached hydrogen (secondary N) is 1. The Hall–Kier alpha value is -0.740. The van der Waals surface area contributed by atoms with E-state index in [0.29, 0.717) is 10.7 Å². The van der Waals surface area contributed by atoms with Crippen molar-refractivity contribution in [3.63, 3.8) is 0 Å². The van der Waals surface area contributed by atoms with Crippen molar-refractivity contribution in [3.05, 3.63) is 61.5 Å². The lowest BCUT2D eigenvalue weighted by Gasteiger charge is -2.10. The summed E-state index contributed by atoms with van der Waals surface area (Å²) in [6.45, 7) is 0.